The maximum absolute atomic E-state index is 10.4. The lowest BCUT2D eigenvalue weighted by molar-refractivity contribution is -0.384. The Kier molecular flexibility index (Phi) is 2.35. The molecule has 0 spiro atoms. The molecule has 2 N–H and O–H groups in total. The van der Waals surface area contributed by atoms with Crippen LogP contribution in [0.1, 0.15) is 5.56 Å². The van der Waals surface area contributed by atoms with Crippen LogP contribution in [0.15, 0.2) is 12.1 Å². The minimum absolute atomic E-state index is 0.0346. The van der Waals surface area contributed by atoms with Crippen LogP contribution in [0.2, 0.25) is 5.02 Å². The monoisotopic (exact) mass is 197 g/mol. The molecule has 1 aromatic carbocycles. The molecule has 0 atom stereocenters. The minimum atomic E-state index is -0.681. The highest BCUT2D eigenvalue weighted by atomic mass is 35.5. The van der Waals surface area contributed by atoms with E-state index < -0.39 is 4.92 Å². The van der Waals surface area contributed by atoms with Gasteiger partial charge in [0.1, 0.15) is 5.02 Å². The van der Waals surface area contributed by atoms with Gasteiger partial charge in [-0.05, 0) is 6.07 Å². The van der Waals surface area contributed by atoms with E-state index in [0.29, 0.717) is 0 Å². The highest BCUT2D eigenvalue weighted by Crippen LogP contribution is 2.30. The number of nitrogen functional groups attached to an aromatic ring is 1. The molecule has 6 heteroatoms. The predicted molar refractivity (Wildman–Crippen MR) is 47.2 cm³/mol. The number of anilines is 1. The van der Waals surface area contributed by atoms with E-state index in [2.05, 4.69) is 0 Å². The normalized spacial score (nSPS) is 9.23. The van der Waals surface area contributed by atoms with Gasteiger partial charge in [-0.15, -0.1) is 0 Å². The third-order valence-corrected chi connectivity index (χ3v) is 1.82. The number of hydrogen-bond acceptors (Lipinski definition) is 4. The van der Waals surface area contributed by atoms with Crippen LogP contribution in [0.5, 0.6) is 0 Å². The van der Waals surface area contributed by atoms with Gasteiger partial charge in [0.15, 0.2) is 0 Å². The molecule has 0 aliphatic heterocycles. The van der Waals surface area contributed by atoms with E-state index in [9.17, 15) is 10.1 Å². The molecule has 1 aromatic rings. The number of benzene rings is 1. The average molecular weight is 198 g/mol. The Balaban J connectivity index is 3.44. The summed E-state index contributed by atoms with van der Waals surface area (Å²) in [5, 5.41) is 18.8. The van der Waals surface area contributed by atoms with E-state index >= 15 is 0 Å². The second-order valence-electron chi connectivity index (χ2n) is 2.27. The molecule has 0 aliphatic rings. The van der Waals surface area contributed by atoms with Gasteiger partial charge in [-0.25, -0.2) is 0 Å². The maximum atomic E-state index is 10.4. The largest absolute Gasteiger partial charge is 0.397 e. The van der Waals surface area contributed by atoms with Crippen molar-refractivity contribution in [1.82, 2.24) is 0 Å². The summed E-state index contributed by atoms with van der Waals surface area (Å²) in [6.45, 7) is 0. The van der Waals surface area contributed by atoms with Crippen LogP contribution in [0.25, 0.3) is 0 Å². The second kappa shape index (κ2) is 3.29. The fourth-order valence-corrected chi connectivity index (χ4v) is 1.01. The summed E-state index contributed by atoms with van der Waals surface area (Å²) in [6, 6.07) is 4.12. The first kappa shape index (κ1) is 9.29. The highest BCUT2D eigenvalue weighted by Gasteiger charge is 2.16. The molecule has 0 amide bonds. The van der Waals surface area contributed by atoms with E-state index in [4.69, 9.17) is 22.6 Å². The third-order valence-electron chi connectivity index (χ3n) is 1.41. The molecule has 0 aromatic heterocycles. The number of nitrogens with zero attached hydrogens (tertiary/aromatic N) is 2. The Hall–Kier alpha value is -1.80. The maximum Gasteiger partial charge on any atom is 0.291 e. The van der Waals surface area contributed by atoms with Crippen molar-refractivity contribution in [2.24, 2.45) is 0 Å². The quantitative estimate of drug-likeness (QED) is 0.421. The molecule has 0 aliphatic carbocycles. The summed E-state index contributed by atoms with van der Waals surface area (Å²) in [6.07, 6.45) is 0. The van der Waals surface area contributed by atoms with Gasteiger partial charge in [0.05, 0.1) is 22.2 Å². The average Bonchev–Trinajstić information content (AvgIpc) is 2.09. The summed E-state index contributed by atoms with van der Waals surface area (Å²) in [7, 11) is 0. The van der Waals surface area contributed by atoms with Crippen molar-refractivity contribution in [2.75, 3.05) is 5.73 Å². The van der Waals surface area contributed by atoms with Gasteiger partial charge in [-0.2, -0.15) is 5.26 Å². The number of hydrogen-bond donors (Lipinski definition) is 1. The minimum Gasteiger partial charge on any atom is -0.397 e. The number of rotatable bonds is 1. The van der Waals surface area contributed by atoms with Gasteiger partial charge in [0, 0.05) is 6.07 Å². The topological polar surface area (TPSA) is 93.0 Å². The van der Waals surface area contributed by atoms with Crippen molar-refractivity contribution >= 4 is 23.0 Å². The number of nitro benzene ring substituents is 1. The Morgan fingerprint density at radius 3 is 2.69 bits per heavy atom. The molecule has 0 bridgehead atoms. The smallest absolute Gasteiger partial charge is 0.291 e. The lowest BCUT2D eigenvalue weighted by atomic mass is 10.2. The van der Waals surface area contributed by atoms with Crippen LogP contribution >= 0.6 is 11.6 Å². The summed E-state index contributed by atoms with van der Waals surface area (Å²) in [4.78, 5) is 9.72. The van der Waals surface area contributed by atoms with Crippen molar-refractivity contribution < 1.29 is 4.92 Å². The summed E-state index contributed by atoms with van der Waals surface area (Å²) in [5.41, 5.74) is 5.15. The first-order chi connectivity index (χ1) is 6.06. The van der Waals surface area contributed by atoms with Crippen molar-refractivity contribution in [3.05, 3.63) is 32.8 Å². The molecule has 0 fully saturated rings. The Labute approximate surface area is 78.5 Å². The van der Waals surface area contributed by atoms with Crippen LogP contribution in [0.3, 0.4) is 0 Å². The van der Waals surface area contributed by atoms with Gasteiger partial charge in [-0.1, -0.05) is 11.6 Å². The molecule has 1 rings (SSSR count). The molecule has 0 radical (unpaired) electrons. The molecule has 0 saturated carbocycles. The van der Waals surface area contributed by atoms with E-state index in [-0.39, 0.29) is 22.0 Å². The second-order valence-corrected chi connectivity index (χ2v) is 2.65. The standard InChI is InChI=1S/C7H4ClN3O2/c8-7-5(10)1-4(3-9)2-6(7)11(12)13/h1-2H,10H2. The van der Waals surface area contributed by atoms with Crippen LogP contribution in [0, 0.1) is 21.4 Å². The number of halogens is 1. The Morgan fingerprint density at radius 1 is 1.62 bits per heavy atom. The number of nitro groups is 1. The van der Waals surface area contributed by atoms with Gasteiger partial charge >= 0.3 is 0 Å². The summed E-state index contributed by atoms with van der Waals surface area (Å²) >= 11 is 5.54. The summed E-state index contributed by atoms with van der Waals surface area (Å²) < 4.78 is 0. The molecule has 5 nitrogen and oxygen atoms in total. The molecular weight excluding hydrogens is 194 g/mol. The number of nitriles is 1. The zero-order valence-corrected chi connectivity index (χ0v) is 7.08. The Morgan fingerprint density at radius 2 is 2.23 bits per heavy atom. The van der Waals surface area contributed by atoms with Crippen molar-refractivity contribution in [3.8, 4) is 6.07 Å². The fraction of sp³-hybridized carbons (Fsp3) is 0. The van der Waals surface area contributed by atoms with Gasteiger partial charge in [0.2, 0.25) is 0 Å². The molecule has 0 saturated heterocycles. The Bertz CT molecular complexity index is 411. The SMILES string of the molecule is N#Cc1cc(N)c(Cl)c([N+](=O)[O-])c1. The lowest BCUT2D eigenvalue weighted by Gasteiger charge is -1.99. The van der Waals surface area contributed by atoms with Crippen molar-refractivity contribution in [3.63, 3.8) is 0 Å². The molecule has 0 heterocycles. The van der Waals surface area contributed by atoms with E-state index in [1.165, 1.54) is 6.07 Å². The van der Waals surface area contributed by atoms with E-state index in [1.807, 2.05) is 0 Å². The molecule has 13 heavy (non-hydrogen) atoms. The fourth-order valence-electron chi connectivity index (χ4n) is 0.828. The van der Waals surface area contributed by atoms with E-state index in [0.717, 1.165) is 6.07 Å². The molecular formula is C7H4ClN3O2. The zero-order valence-electron chi connectivity index (χ0n) is 6.32. The van der Waals surface area contributed by atoms with Gasteiger partial charge in [0.25, 0.3) is 5.69 Å². The van der Waals surface area contributed by atoms with Crippen LogP contribution in [-0.2, 0) is 0 Å². The van der Waals surface area contributed by atoms with Crippen LogP contribution in [-0.4, -0.2) is 4.92 Å². The third kappa shape index (κ3) is 1.68. The van der Waals surface area contributed by atoms with Crippen molar-refractivity contribution in [2.45, 2.75) is 0 Å². The summed E-state index contributed by atoms with van der Waals surface area (Å²) in [5.74, 6) is 0. The van der Waals surface area contributed by atoms with Gasteiger partial charge in [-0.3, -0.25) is 10.1 Å². The molecule has 0 unspecified atom stereocenters. The van der Waals surface area contributed by atoms with Crippen LogP contribution < -0.4 is 5.73 Å². The van der Waals surface area contributed by atoms with Crippen LogP contribution in [0.4, 0.5) is 11.4 Å². The molecule has 66 valence electrons. The highest BCUT2D eigenvalue weighted by molar-refractivity contribution is 6.35. The van der Waals surface area contributed by atoms with Crippen molar-refractivity contribution in [1.29, 1.82) is 5.26 Å². The first-order valence-electron chi connectivity index (χ1n) is 3.19. The lowest BCUT2D eigenvalue weighted by Crippen LogP contribution is -1.95. The predicted octanol–water partition coefficient (Wildman–Crippen LogP) is 1.70. The number of nitrogens with two attached hydrogens (primary N) is 1. The zero-order chi connectivity index (χ0) is 10.0. The van der Waals surface area contributed by atoms with E-state index in [1.54, 1.807) is 6.07 Å². The first-order valence-corrected chi connectivity index (χ1v) is 3.57. The van der Waals surface area contributed by atoms with Gasteiger partial charge < -0.3 is 5.73 Å².